The van der Waals surface area contributed by atoms with E-state index in [-0.39, 0.29) is 5.41 Å². The molecule has 1 aromatic carbocycles. The molecule has 1 saturated carbocycles. The van der Waals surface area contributed by atoms with Gasteiger partial charge in [-0.15, -0.1) is 10.2 Å². The molecule has 0 N–H and O–H groups in total. The average Bonchev–Trinajstić information content (AvgIpc) is 3.00. The summed E-state index contributed by atoms with van der Waals surface area (Å²) in [6, 6.07) is 5.79. The van der Waals surface area contributed by atoms with E-state index in [1.165, 1.54) is 12.1 Å². The van der Waals surface area contributed by atoms with Crippen LogP contribution in [0.25, 0.3) is 11.6 Å². The van der Waals surface area contributed by atoms with Crippen molar-refractivity contribution >= 4 is 0 Å². The number of nitrogens with zero attached hydrogens (tertiary/aromatic N) is 5. The third-order valence-corrected chi connectivity index (χ3v) is 7.20. The van der Waals surface area contributed by atoms with E-state index in [0.717, 1.165) is 62.4 Å². The molecular weight excluding hydrogens is 431 g/mol. The second-order valence-electron chi connectivity index (χ2n) is 9.47. The van der Waals surface area contributed by atoms with Crippen LogP contribution < -0.4 is 0 Å². The van der Waals surface area contributed by atoms with Gasteiger partial charge >= 0.3 is 6.18 Å². The van der Waals surface area contributed by atoms with Crippen LogP contribution in [-0.2, 0) is 25.1 Å². The maximum Gasteiger partial charge on any atom is 0.416 e. The molecule has 0 radical (unpaired) electrons. The Kier molecular flexibility index (Phi) is 5.34. The van der Waals surface area contributed by atoms with E-state index >= 15 is 0 Å². The highest BCUT2D eigenvalue weighted by molar-refractivity contribution is 5.50. The first-order valence-electron chi connectivity index (χ1n) is 11.4. The molecule has 9 heteroatoms. The number of alkyl halides is 3. The van der Waals surface area contributed by atoms with E-state index in [0.29, 0.717) is 23.4 Å². The summed E-state index contributed by atoms with van der Waals surface area (Å²) in [5, 5.41) is 8.63. The number of hydrogen-bond acceptors (Lipinski definition) is 5. The van der Waals surface area contributed by atoms with E-state index in [4.69, 9.17) is 4.42 Å². The summed E-state index contributed by atoms with van der Waals surface area (Å²) in [5.74, 6) is 3.46. The summed E-state index contributed by atoms with van der Waals surface area (Å²) in [5.41, 5.74) is 1.34. The van der Waals surface area contributed by atoms with Gasteiger partial charge in [0.05, 0.1) is 11.3 Å². The van der Waals surface area contributed by atoms with Crippen molar-refractivity contribution in [1.29, 1.82) is 0 Å². The molecule has 5 rings (SSSR count). The molecule has 0 amide bonds. The van der Waals surface area contributed by atoms with Gasteiger partial charge in [-0.25, -0.2) is 4.98 Å². The van der Waals surface area contributed by atoms with Gasteiger partial charge in [-0.3, -0.25) is 0 Å². The van der Waals surface area contributed by atoms with Crippen molar-refractivity contribution in [3.8, 4) is 11.6 Å². The highest BCUT2D eigenvalue weighted by atomic mass is 19.4. The van der Waals surface area contributed by atoms with E-state index in [1.807, 2.05) is 25.5 Å². The van der Waals surface area contributed by atoms with Crippen LogP contribution in [0.15, 0.2) is 28.7 Å². The van der Waals surface area contributed by atoms with Gasteiger partial charge in [-0.05, 0) is 56.3 Å². The predicted molar refractivity (Wildman–Crippen MR) is 117 cm³/mol. The highest BCUT2D eigenvalue weighted by Gasteiger charge is 2.60. The van der Waals surface area contributed by atoms with E-state index in [9.17, 15) is 13.2 Å². The average molecular weight is 460 g/mol. The minimum atomic E-state index is -4.28. The number of rotatable bonds is 7. The third kappa shape index (κ3) is 4.07. The standard InChI is InChI=1S/C24H28F3N5O/c1-15-21(33-16(2)28-15)22-30-29-20(31(22)3)6-4-5-11-32-13-19-12-23(19,14-32)17-7-9-18(10-8-17)24(25,26)27/h7-10,19H,4-6,11-14H2,1-3H3/t19-,23+/m0/s1. The zero-order valence-corrected chi connectivity index (χ0v) is 19.1. The number of halogens is 3. The summed E-state index contributed by atoms with van der Waals surface area (Å²) in [4.78, 5) is 6.76. The fourth-order valence-corrected chi connectivity index (χ4v) is 5.33. The molecule has 2 fully saturated rings. The van der Waals surface area contributed by atoms with Crippen LogP contribution in [0, 0.1) is 19.8 Å². The fraction of sp³-hybridized carbons (Fsp3) is 0.542. The Labute approximate surface area is 190 Å². The van der Waals surface area contributed by atoms with Gasteiger partial charge in [0, 0.05) is 38.9 Å². The molecule has 3 heterocycles. The molecule has 176 valence electrons. The minimum Gasteiger partial charge on any atom is -0.437 e. The van der Waals surface area contributed by atoms with E-state index < -0.39 is 11.7 Å². The zero-order chi connectivity index (χ0) is 23.4. The van der Waals surface area contributed by atoms with Gasteiger partial charge in [-0.2, -0.15) is 13.2 Å². The maximum absolute atomic E-state index is 12.9. The molecule has 2 aliphatic rings. The highest BCUT2D eigenvalue weighted by Crippen LogP contribution is 2.59. The van der Waals surface area contributed by atoms with Gasteiger partial charge in [0.1, 0.15) is 5.82 Å². The van der Waals surface area contributed by atoms with Gasteiger partial charge in [0.2, 0.25) is 5.82 Å². The Morgan fingerprint density at radius 2 is 1.88 bits per heavy atom. The lowest BCUT2D eigenvalue weighted by Crippen LogP contribution is -2.27. The van der Waals surface area contributed by atoms with Crippen molar-refractivity contribution < 1.29 is 17.6 Å². The van der Waals surface area contributed by atoms with Crippen LogP contribution in [0.4, 0.5) is 13.2 Å². The molecule has 1 aliphatic carbocycles. The van der Waals surface area contributed by atoms with Crippen molar-refractivity contribution in [2.75, 3.05) is 19.6 Å². The van der Waals surface area contributed by atoms with E-state index in [2.05, 4.69) is 20.1 Å². The summed E-state index contributed by atoms with van der Waals surface area (Å²) < 4.78 is 46.2. The number of oxazole rings is 1. The lowest BCUT2D eigenvalue weighted by atomic mass is 9.94. The molecule has 0 bridgehead atoms. The number of fused-ring (bicyclic) bond motifs is 1. The van der Waals surface area contributed by atoms with Crippen molar-refractivity contribution in [3.63, 3.8) is 0 Å². The molecule has 2 aromatic heterocycles. The first-order chi connectivity index (χ1) is 15.7. The number of hydrogen-bond donors (Lipinski definition) is 0. The molecule has 3 aromatic rings. The minimum absolute atomic E-state index is 0.0513. The maximum atomic E-state index is 12.9. The largest absolute Gasteiger partial charge is 0.437 e. The number of aryl methyl sites for hydroxylation is 3. The summed E-state index contributed by atoms with van der Waals surface area (Å²) in [6.45, 7) is 6.67. The summed E-state index contributed by atoms with van der Waals surface area (Å²) in [6.07, 6.45) is -0.335. The first kappa shape index (κ1) is 22.1. The van der Waals surface area contributed by atoms with Crippen molar-refractivity contribution in [1.82, 2.24) is 24.6 Å². The number of aromatic nitrogens is 4. The Balaban J connectivity index is 1.13. The Hall–Kier alpha value is -2.68. The fourth-order valence-electron chi connectivity index (χ4n) is 5.33. The van der Waals surface area contributed by atoms with Crippen LogP contribution in [0.2, 0.25) is 0 Å². The Bertz CT molecular complexity index is 1150. The molecule has 6 nitrogen and oxygen atoms in total. The Morgan fingerprint density at radius 1 is 1.12 bits per heavy atom. The summed E-state index contributed by atoms with van der Waals surface area (Å²) >= 11 is 0. The van der Waals surface area contributed by atoms with Gasteiger partial charge in [0.25, 0.3) is 0 Å². The lowest BCUT2D eigenvalue weighted by molar-refractivity contribution is -0.137. The first-order valence-corrected chi connectivity index (χ1v) is 11.4. The second-order valence-corrected chi connectivity index (χ2v) is 9.47. The normalized spacial score (nSPS) is 22.7. The SMILES string of the molecule is Cc1nc(C)c(-c2nnc(CCCCN3C[C@@H]4C[C@]4(c4ccc(C(F)(F)F)cc4)C3)n2C)o1. The van der Waals surface area contributed by atoms with Gasteiger partial charge < -0.3 is 13.9 Å². The molecule has 33 heavy (non-hydrogen) atoms. The monoisotopic (exact) mass is 459 g/mol. The molecule has 0 spiro atoms. The van der Waals surface area contributed by atoms with Crippen LogP contribution in [-0.4, -0.2) is 44.3 Å². The number of benzene rings is 1. The topological polar surface area (TPSA) is 60.0 Å². The van der Waals surface area contributed by atoms with Crippen LogP contribution in [0.1, 0.15) is 47.8 Å². The van der Waals surface area contributed by atoms with Crippen molar-refractivity contribution in [2.24, 2.45) is 13.0 Å². The number of likely N-dealkylation sites (tertiary alicyclic amines) is 1. The smallest absolute Gasteiger partial charge is 0.416 e. The predicted octanol–water partition coefficient (Wildman–Crippen LogP) is 4.70. The van der Waals surface area contributed by atoms with Gasteiger partial charge in [-0.1, -0.05) is 12.1 Å². The van der Waals surface area contributed by atoms with Crippen LogP contribution >= 0.6 is 0 Å². The molecule has 1 saturated heterocycles. The second kappa shape index (κ2) is 7.97. The van der Waals surface area contributed by atoms with Gasteiger partial charge in [0.15, 0.2) is 11.7 Å². The number of piperidine rings is 1. The summed E-state index contributed by atoms with van der Waals surface area (Å²) in [7, 11) is 1.95. The third-order valence-electron chi connectivity index (χ3n) is 7.20. The molecule has 1 aliphatic heterocycles. The Morgan fingerprint density at radius 3 is 2.55 bits per heavy atom. The molecule has 2 atom stereocenters. The van der Waals surface area contributed by atoms with Crippen LogP contribution in [0.3, 0.4) is 0 Å². The number of unbranched alkanes of at least 4 members (excludes halogenated alkanes) is 1. The quantitative estimate of drug-likeness (QED) is 0.479. The van der Waals surface area contributed by atoms with E-state index in [1.54, 1.807) is 12.1 Å². The lowest BCUT2D eigenvalue weighted by Gasteiger charge is -2.21. The molecule has 0 unspecified atom stereocenters. The van der Waals surface area contributed by atoms with Crippen molar-refractivity contribution in [3.05, 3.63) is 52.8 Å². The molecular formula is C24H28F3N5O. The van der Waals surface area contributed by atoms with Crippen LogP contribution in [0.5, 0.6) is 0 Å². The zero-order valence-electron chi connectivity index (χ0n) is 19.1. The van der Waals surface area contributed by atoms with Crippen molar-refractivity contribution in [2.45, 2.75) is 51.1 Å².